The van der Waals surface area contributed by atoms with Crippen LogP contribution >= 0.6 is 0 Å². The van der Waals surface area contributed by atoms with Crippen molar-refractivity contribution in [2.24, 2.45) is 12.5 Å². The number of aryl methyl sites for hydroxylation is 1. The van der Waals surface area contributed by atoms with Gasteiger partial charge in [-0.2, -0.15) is 5.10 Å². The lowest BCUT2D eigenvalue weighted by molar-refractivity contribution is 0.396. The lowest BCUT2D eigenvalue weighted by Crippen LogP contribution is -2.36. The molecule has 1 aliphatic carbocycles. The van der Waals surface area contributed by atoms with Gasteiger partial charge in [0.2, 0.25) is 0 Å². The summed E-state index contributed by atoms with van der Waals surface area (Å²) in [7, 11) is 1.96. The molecule has 1 spiro atoms. The third-order valence-corrected chi connectivity index (χ3v) is 4.57. The summed E-state index contributed by atoms with van der Waals surface area (Å²) in [6, 6.07) is 2.14. The minimum atomic E-state index is 0.649. The van der Waals surface area contributed by atoms with Crippen molar-refractivity contribution < 1.29 is 0 Å². The Morgan fingerprint density at radius 3 is 3.00 bits per heavy atom. The van der Waals surface area contributed by atoms with Crippen molar-refractivity contribution in [1.82, 2.24) is 14.8 Å². The van der Waals surface area contributed by atoms with E-state index in [-0.39, 0.29) is 0 Å². The van der Waals surface area contributed by atoms with Crippen LogP contribution in [0.1, 0.15) is 25.7 Å². The molecule has 0 bridgehead atoms. The largest absolute Gasteiger partial charge is 0.370 e. The summed E-state index contributed by atoms with van der Waals surface area (Å²) in [5, 5.41) is 5.52. The van der Waals surface area contributed by atoms with Crippen LogP contribution in [0.2, 0.25) is 0 Å². The average molecular weight is 242 g/mol. The summed E-state index contributed by atoms with van der Waals surface area (Å²) < 4.78 is 1.86. The Kier molecular flexibility index (Phi) is 1.99. The molecule has 0 aromatic carbocycles. The Balaban J connectivity index is 1.77. The van der Waals surface area contributed by atoms with Gasteiger partial charge in [0.1, 0.15) is 0 Å². The molecule has 0 unspecified atom stereocenters. The molecule has 4 rings (SSSR count). The highest BCUT2D eigenvalue weighted by Gasteiger charge is 2.45. The molecule has 3 heterocycles. The average Bonchev–Trinajstić information content (AvgIpc) is 3.03. The molecule has 1 aliphatic heterocycles. The summed E-state index contributed by atoms with van der Waals surface area (Å²) in [4.78, 5) is 6.97. The Morgan fingerprint density at radius 2 is 2.17 bits per heavy atom. The number of fused-ring (bicyclic) bond motifs is 1. The molecular formula is C14H18N4. The van der Waals surface area contributed by atoms with Crippen LogP contribution in [-0.2, 0) is 7.05 Å². The number of hydrogen-bond acceptors (Lipinski definition) is 3. The van der Waals surface area contributed by atoms with Crippen LogP contribution in [0.5, 0.6) is 0 Å². The van der Waals surface area contributed by atoms with Gasteiger partial charge in [0.05, 0.1) is 17.3 Å². The maximum absolute atomic E-state index is 4.42. The summed E-state index contributed by atoms with van der Waals surface area (Å²) in [6.07, 6.45) is 9.45. The smallest absolute Gasteiger partial charge is 0.159 e. The van der Waals surface area contributed by atoms with E-state index in [2.05, 4.69) is 21.0 Å². The van der Waals surface area contributed by atoms with E-state index in [1.165, 1.54) is 49.8 Å². The van der Waals surface area contributed by atoms with E-state index in [0.29, 0.717) is 5.41 Å². The van der Waals surface area contributed by atoms with Crippen molar-refractivity contribution in [3.8, 4) is 0 Å². The fraction of sp³-hybridized carbons (Fsp3) is 0.571. The van der Waals surface area contributed by atoms with Crippen molar-refractivity contribution in [3.63, 3.8) is 0 Å². The minimum absolute atomic E-state index is 0.649. The van der Waals surface area contributed by atoms with Gasteiger partial charge in [-0.15, -0.1) is 0 Å². The highest BCUT2D eigenvalue weighted by Crippen LogP contribution is 2.52. The van der Waals surface area contributed by atoms with Crippen molar-refractivity contribution >= 4 is 16.7 Å². The molecule has 4 heteroatoms. The van der Waals surface area contributed by atoms with Gasteiger partial charge in [0.25, 0.3) is 0 Å². The molecule has 94 valence electrons. The zero-order valence-corrected chi connectivity index (χ0v) is 10.8. The Morgan fingerprint density at radius 1 is 1.28 bits per heavy atom. The van der Waals surface area contributed by atoms with Gasteiger partial charge in [-0.3, -0.25) is 4.68 Å². The minimum Gasteiger partial charge on any atom is -0.370 e. The van der Waals surface area contributed by atoms with Gasteiger partial charge in [-0.05, 0) is 37.2 Å². The lowest BCUT2D eigenvalue weighted by atomic mass is 9.94. The van der Waals surface area contributed by atoms with Crippen LogP contribution in [0.15, 0.2) is 18.5 Å². The van der Waals surface area contributed by atoms with Crippen LogP contribution in [0, 0.1) is 5.41 Å². The number of aromatic nitrogens is 3. The maximum atomic E-state index is 4.42. The second-order valence-corrected chi connectivity index (χ2v) is 5.86. The molecule has 0 N–H and O–H groups in total. The molecule has 2 aliphatic rings. The van der Waals surface area contributed by atoms with E-state index in [4.69, 9.17) is 0 Å². The predicted octanol–water partition coefficient (Wildman–Crippen LogP) is 2.35. The fourth-order valence-corrected chi connectivity index (χ4v) is 3.31. The molecule has 0 atom stereocenters. The van der Waals surface area contributed by atoms with Gasteiger partial charge < -0.3 is 4.90 Å². The van der Waals surface area contributed by atoms with Gasteiger partial charge in [0, 0.05) is 26.3 Å². The first kappa shape index (κ1) is 10.4. The highest BCUT2D eigenvalue weighted by molar-refractivity contribution is 5.89. The second kappa shape index (κ2) is 3.46. The fourth-order valence-electron chi connectivity index (χ4n) is 3.31. The zero-order chi connectivity index (χ0) is 12.2. The first-order valence-electron chi connectivity index (χ1n) is 6.79. The van der Waals surface area contributed by atoms with Crippen LogP contribution in [0.4, 0.5) is 5.69 Å². The number of nitrogens with zero attached hydrogens (tertiary/aromatic N) is 4. The Labute approximate surface area is 107 Å². The van der Waals surface area contributed by atoms with E-state index < -0.39 is 0 Å². The summed E-state index contributed by atoms with van der Waals surface area (Å²) >= 11 is 0. The summed E-state index contributed by atoms with van der Waals surface area (Å²) in [5.74, 6) is 0. The van der Waals surface area contributed by atoms with Gasteiger partial charge in [0.15, 0.2) is 5.65 Å². The van der Waals surface area contributed by atoms with Gasteiger partial charge >= 0.3 is 0 Å². The molecule has 0 radical (unpaired) electrons. The highest BCUT2D eigenvalue weighted by atomic mass is 15.3. The molecule has 1 saturated carbocycles. The van der Waals surface area contributed by atoms with E-state index in [0.717, 1.165) is 5.65 Å². The number of hydrogen-bond donors (Lipinski definition) is 0. The van der Waals surface area contributed by atoms with Crippen molar-refractivity contribution in [3.05, 3.63) is 18.5 Å². The SMILES string of the molecule is Cn1ncc2c(N3CCCC4(CC4)C3)ccnc21. The number of pyridine rings is 1. The lowest BCUT2D eigenvalue weighted by Gasteiger charge is -2.35. The topological polar surface area (TPSA) is 34.0 Å². The van der Waals surface area contributed by atoms with E-state index in [1.807, 2.05) is 24.1 Å². The Hall–Kier alpha value is -1.58. The molecule has 18 heavy (non-hydrogen) atoms. The zero-order valence-electron chi connectivity index (χ0n) is 10.8. The number of rotatable bonds is 1. The quantitative estimate of drug-likeness (QED) is 0.769. The molecule has 2 fully saturated rings. The predicted molar refractivity (Wildman–Crippen MR) is 71.6 cm³/mol. The molecule has 1 saturated heterocycles. The summed E-state index contributed by atoms with van der Waals surface area (Å²) in [5.41, 5.74) is 2.96. The molecule has 4 nitrogen and oxygen atoms in total. The first-order chi connectivity index (χ1) is 8.77. The molecule has 0 amide bonds. The van der Waals surface area contributed by atoms with Crippen LogP contribution in [0.3, 0.4) is 0 Å². The van der Waals surface area contributed by atoms with Gasteiger partial charge in [-0.1, -0.05) is 0 Å². The molecule has 2 aromatic heterocycles. The van der Waals surface area contributed by atoms with Gasteiger partial charge in [-0.25, -0.2) is 4.98 Å². The van der Waals surface area contributed by atoms with Crippen molar-refractivity contribution in [1.29, 1.82) is 0 Å². The molecular weight excluding hydrogens is 224 g/mol. The van der Waals surface area contributed by atoms with Crippen LogP contribution < -0.4 is 4.90 Å². The number of anilines is 1. The monoisotopic (exact) mass is 242 g/mol. The van der Waals surface area contributed by atoms with Crippen LogP contribution in [0.25, 0.3) is 11.0 Å². The van der Waals surface area contributed by atoms with E-state index in [1.54, 1.807) is 0 Å². The standard InChI is InChI=1S/C14H18N4/c1-17-13-11(9-16-17)12(3-7-15-13)18-8-2-4-14(10-18)5-6-14/h3,7,9H,2,4-6,8,10H2,1H3. The van der Waals surface area contributed by atoms with E-state index >= 15 is 0 Å². The summed E-state index contributed by atoms with van der Waals surface area (Å²) in [6.45, 7) is 2.40. The third-order valence-electron chi connectivity index (χ3n) is 4.57. The first-order valence-corrected chi connectivity index (χ1v) is 6.79. The van der Waals surface area contributed by atoms with Crippen LogP contribution in [-0.4, -0.2) is 27.9 Å². The normalized spacial score (nSPS) is 21.7. The second-order valence-electron chi connectivity index (χ2n) is 5.86. The van der Waals surface area contributed by atoms with Crippen molar-refractivity contribution in [2.75, 3.05) is 18.0 Å². The van der Waals surface area contributed by atoms with E-state index in [9.17, 15) is 0 Å². The maximum Gasteiger partial charge on any atom is 0.159 e. The van der Waals surface area contributed by atoms with Crippen molar-refractivity contribution in [2.45, 2.75) is 25.7 Å². The number of piperidine rings is 1. The molecule has 2 aromatic rings. The Bertz CT molecular complexity index is 597. The third kappa shape index (κ3) is 1.44.